The lowest BCUT2D eigenvalue weighted by atomic mass is 10.2. The lowest BCUT2D eigenvalue weighted by Gasteiger charge is -2.02. The molecule has 38 heavy (non-hydrogen) atoms. The van der Waals surface area contributed by atoms with Crippen LogP contribution in [0, 0.1) is 13.8 Å². The van der Waals surface area contributed by atoms with Crippen molar-refractivity contribution >= 4 is 44.3 Å². The van der Waals surface area contributed by atoms with Crippen LogP contribution in [-0.4, -0.2) is 19.9 Å². The van der Waals surface area contributed by atoms with Crippen LogP contribution in [0.3, 0.4) is 0 Å². The van der Waals surface area contributed by atoms with E-state index in [9.17, 15) is 0 Å². The molecule has 0 unspecified atom stereocenters. The van der Waals surface area contributed by atoms with Gasteiger partial charge in [0.15, 0.2) is 10.3 Å². The zero-order valence-electron chi connectivity index (χ0n) is 21.0. The molecule has 0 aliphatic rings. The molecule has 2 aromatic carbocycles. The standard InChI is InChI=1S/2C15H13N3S/c2*1-11-3-2-4-13(9-11)17-15-18-14(10-19-15)12-5-7-16-8-6-12/h2*2-10H,1H3,(H,17,18). The molecule has 0 fully saturated rings. The third-order valence-electron chi connectivity index (χ3n) is 5.50. The fourth-order valence-corrected chi connectivity index (χ4v) is 5.15. The topological polar surface area (TPSA) is 75.6 Å². The van der Waals surface area contributed by atoms with Crippen LogP contribution < -0.4 is 10.6 Å². The summed E-state index contributed by atoms with van der Waals surface area (Å²) in [5.74, 6) is 0. The number of aryl methyl sites for hydroxylation is 2. The first-order valence-electron chi connectivity index (χ1n) is 12.0. The second-order valence-electron chi connectivity index (χ2n) is 8.54. The smallest absolute Gasteiger partial charge is 0.187 e. The normalized spacial score (nSPS) is 10.4. The van der Waals surface area contributed by atoms with Crippen LogP contribution in [0.4, 0.5) is 21.6 Å². The maximum atomic E-state index is 4.59. The van der Waals surface area contributed by atoms with Crippen molar-refractivity contribution in [2.24, 2.45) is 0 Å². The van der Waals surface area contributed by atoms with E-state index < -0.39 is 0 Å². The highest BCUT2D eigenvalue weighted by Crippen LogP contribution is 2.28. The minimum Gasteiger partial charge on any atom is -0.332 e. The molecule has 4 aromatic heterocycles. The average Bonchev–Trinajstić information content (AvgIpc) is 3.60. The lowest BCUT2D eigenvalue weighted by molar-refractivity contribution is 1.31. The van der Waals surface area contributed by atoms with Crippen molar-refractivity contribution < 1.29 is 0 Å². The van der Waals surface area contributed by atoms with Gasteiger partial charge in [-0.1, -0.05) is 24.3 Å². The van der Waals surface area contributed by atoms with Crippen molar-refractivity contribution in [1.82, 2.24) is 19.9 Å². The van der Waals surface area contributed by atoms with Crippen molar-refractivity contribution in [2.75, 3.05) is 10.6 Å². The predicted molar refractivity (Wildman–Crippen MR) is 160 cm³/mol. The van der Waals surface area contributed by atoms with Crippen molar-refractivity contribution in [1.29, 1.82) is 0 Å². The van der Waals surface area contributed by atoms with Gasteiger partial charge in [0, 0.05) is 58.0 Å². The molecule has 8 heteroatoms. The van der Waals surface area contributed by atoms with Crippen LogP contribution in [0.2, 0.25) is 0 Å². The summed E-state index contributed by atoms with van der Waals surface area (Å²) in [6.07, 6.45) is 7.12. The molecular formula is C30H26N6S2. The summed E-state index contributed by atoms with van der Waals surface area (Å²) in [5.41, 5.74) is 8.72. The van der Waals surface area contributed by atoms with Gasteiger partial charge in [0.1, 0.15) is 0 Å². The van der Waals surface area contributed by atoms with E-state index in [4.69, 9.17) is 0 Å². The van der Waals surface area contributed by atoms with Gasteiger partial charge < -0.3 is 10.6 Å². The van der Waals surface area contributed by atoms with E-state index in [1.54, 1.807) is 47.5 Å². The number of rotatable bonds is 6. The third kappa shape index (κ3) is 6.88. The highest BCUT2D eigenvalue weighted by atomic mass is 32.1. The molecule has 2 N–H and O–H groups in total. The molecule has 0 aliphatic carbocycles. The van der Waals surface area contributed by atoms with Crippen molar-refractivity contribution in [3.63, 3.8) is 0 Å². The van der Waals surface area contributed by atoms with E-state index in [2.05, 4.69) is 68.7 Å². The zero-order valence-corrected chi connectivity index (χ0v) is 22.6. The molecule has 6 aromatic rings. The number of nitrogens with zero attached hydrogens (tertiary/aromatic N) is 4. The quantitative estimate of drug-likeness (QED) is 0.223. The van der Waals surface area contributed by atoms with E-state index in [1.807, 2.05) is 59.3 Å². The Balaban J connectivity index is 0.000000155. The Morgan fingerprint density at radius 3 is 1.37 bits per heavy atom. The summed E-state index contributed by atoms with van der Waals surface area (Å²) in [6, 6.07) is 24.4. The molecule has 188 valence electrons. The fourth-order valence-electron chi connectivity index (χ4n) is 3.67. The largest absolute Gasteiger partial charge is 0.332 e. The molecule has 0 radical (unpaired) electrons. The van der Waals surface area contributed by atoms with Crippen molar-refractivity contribution in [3.8, 4) is 22.5 Å². The number of nitrogens with one attached hydrogen (secondary N) is 2. The van der Waals surface area contributed by atoms with Crippen LogP contribution in [0.5, 0.6) is 0 Å². The summed E-state index contributed by atoms with van der Waals surface area (Å²) in [7, 11) is 0. The van der Waals surface area contributed by atoms with E-state index >= 15 is 0 Å². The second kappa shape index (κ2) is 12.2. The van der Waals surface area contributed by atoms with Crippen molar-refractivity contribution in [3.05, 3.63) is 119 Å². The predicted octanol–water partition coefficient (Wildman–Crippen LogP) is 8.51. The van der Waals surface area contributed by atoms with Gasteiger partial charge in [-0.05, 0) is 73.5 Å². The maximum Gasteiger partial charge on any atom is 0.187 e. The SMILES string of the molecule is Cc1cccc(Nc2nc(-c3ccncc3)cs2)c1.Cc1cccc(Nc2nc(-c3ccncc3)cs2)c1. The van der Waals surface area contributed by atoms with Gasteiger partial charge in [0.25, 0.3) is 0 Å². The van der Waals surface area contributed by atoms with Gasteiger partial charge in [-0.2, -0.15) is 0 Å². The van der Waals surface area contributed by atoms with Crippen LogP contribution in [0.25, 0.3) is 22.5 Å². The number of hydrogen-bond acceptors (Lipinski definition) is 8. The van der Waals surface area contributed by atoms with E-state index in [1.165, 1.54) is 11.1 Å². The first kappa shape index (κ1) is 25.3. The Morgan fingerprint density at radius 2 is 0.974 bits per heavy atom. The average molecular weight is 535 g/mol. The summed E-state index contributed by atoms with van der Waals surface area (Å²) in [6.45, 7) is 4.16. The molecular weight excluding hydrogens is 509 g/mol. The molecule has 4 heterocycles. The summed E-state index contributed by atoms with van der Waals surface area (Å²) in [5, 5.41) is 12.6. The molecule has 0 bridgehead atoms. The molecule has 0 amide bonds. The minimum absolute atomic E-state index is 0.900. The third-order valence-corrected chi connectivity index (χ3v) is 7.01. The summed E-state index contributed by atoms with van der Waals surface area (Å²) < 4.78 is 0. The Bertz CT molecular complexity index is 1470. The Hall–Kier alpha value is -4.40. The number of aromatic nitrogens is 4. The molecule has 0 saturated heterocycles. The summed E-state index contributed by atoms with van der Waals surface area (Å²) in [4.78, 5) is 17.2. The van der Waals surface area contributed by atoms with Gasteiger partial charge in [-0.25, -0.2) is 9.97 Å². The first-order valence-corrected chi connectivity index (χ1v) is 13.8. The fraction of sp³-hybridized carbons (Fsp3) is 0.0667. The van der Waals surface area contributed by atoms with Crippen LogP contribution in [0.1, 0.15) is 11.1 Å². The Morgan fingerprint density at radius 1 is 0.553 bits per heavy atom. The van der Waals surface area contributed by atoms with E-state index in [-0.39, 0.29) is 0 Å². The van der Waals surface area contributed by atoms with Gasteiger partial charge in [0.05, 0.1) is 11.4 Å². The lowest BCUT2D eigenvalue weighted by Crippen LogP contribution is -1.89. The second-order valence-corrected chi connectivity index (χ2v) is 10.3. The van der Waals surface area contributed by atoms with Gasteiger partial charge >= 0.3 is 0 Å². The van der Waals surface area contributed by atoms with Gasteiger partial charge in [-0.15, -0.1) is 22.7 Å². The molecule has 0 spiro atoms. The minimum atomic E-state index is 0.900. The molecule has 6 nitrogen and oxygen atoms in total. The van der Waals surface area contributed by atoms with E-state index in [0.29, 0.717) is 0 Å². The highest BCUT2D eigenvalue weighted by Gasteiger charge is 2.05. The molecule has 0 aliphatic heterocycles. The first-order chi connectivity index (χ1) is 18.6. The van der Waals surface area contributed by atoms with Gasteiger partial charge in [-0.3, -0.25) is 9.97 Å². The van der Waals surface area contributed by atoms with Gasteiger partial charge in [0.2, 0.25) is 0 Å². The number of pyridine rings is 2. The highest BCUT2D eigenvalue weighted by molar-refractivity contribution is 7.14. The number of anilines is 4. The maximum absolute atomic E-state index is 4.59. The summed E-state index contributed by atoms with van der Waals surface area (Å²) >= 11 is 3.20. The Kier molecular flexibility index (Phi) is 8.13. The van der Waals surface area contributed by atoms with Crippen molar-refractivity contribution in [2.45, 2.75) is 13.8 Å². The Labute approximate surface area is 230 Å². The number of thiazole rings is 2. The van der Waals surface area contributed by atoms with E-state index in [0.717, 1.165) is 44.2 Å². The monoisotopic (exact) mass is 534 g/mol. The molecule has 0 atom stereocenters. The molecule has 6 rings (SSSR count). The molecule has 0 saturated carbocycles. The zero-order chi connectivity index (χ0) is 26.2. The number of hydrogen-bond donors (Lipinski definition) is 2. The van der Waals surface area contributed by atoms with Crippen LogP contribution in [-0.2, 0) is 0 Å². The number of benzene rings is 2. The van der Waals surface area contributed by atoms with Crippen LogP contribution in [0.15, 0.2) is 108 Å². The van der Waals surface area contributed by atoms with Crippen LogP contribution >= 0.6 is 22.7 Å².